The highest BCUT2D eigenvalue weighted by Gasteiger charge is 2.48. The van der Waals surface area contributed by atoms with Gasteiger partial charge >= 0.3 is 17.6 Å². The smallest absolute Gasteiger partial charge is 0.348 e. The quantitative estimate of drug-likeness (QED) is 0.278. The third-order valence-electron chi connectivity index (χ3n) is 4.17. The summed E-state index contributed by atoms with van der Waals surface area (Å²) in [6.07, 6.45) is 2.95. The Morgan fingerprint density at radius 3 is 2.12 bits per heavy atom. The van der Waals surface area contributed by atoms with Crippen molar-refractivity contribution in [1.29, 1.82) is 0 Å². The van der Waals surface area contributed by atoms with E-state index in [-0.39, 0.29) is 0 Å². The Kier molecular flexibility index (Phi) is 4.06. The largest absolute Gasteiger partial charge is 0.502 e. The molecule has 1 saturated carbocycles. The van der Waals surface area contributed by atoms with Crippen molar-refractivity contribution in [3.8, 4) is 5.75 Å². The van der Waals surface area contributed by atoms with E-state index in [2.05, 4.69) is 0 Å². The molecular formula is C15H12N2O9. The van der Waals surface area contributed by atoms with Crippen LogP contribution in [0.25, 0.3) is 6.08 Å². The van der Waals surface area contributed by atoms with E-state index >= 15 is 0 Å². The lowest BCUT2D eigenvalue weighted by Gasteiger charge is -2.32. The molecular weight excluding hydrogens is 352 g/mol. The van der Waals surface area contributed by atoms with Gasteiger partial charge in [0.15, 0.2) is 0 Å². The predicted octanol–water partition coefficient (Wildman–Crippen LogP) is 1.96. The molecule has 0 atom stereocenters. The average Bonchev–Trinajstić information content (AvgIpc) is 2.99. The van der Waals surface area contributed by atoms with Crippen molar-refractivity contribution in [3.63, 3.8) is 0 Å². The molecule has 1 N–H and O–H groups in total. The molecule has 1 aromatic rings. The van der Waals surface area contributed by atoms with E-state index in [4.69, 9.17) is 9.47 Å². The lowest BCUT2D eigenvalue weighted by molar-refractivity contribution is -0.394. The minimum absolute atomic E-state index is 0.366. The molecule has 0 unspecified atom stereocenters. The summed E-state index contributed by atoms with van der Waals surface area (Å²) in [7, 11) is 0. The highest BCUT2D eigenvalue weighted by Crippen LogP contribution is 2.40. The molecule has 0 aromatic heterocycles. The number of carbonyl (C=O) groups excluding carboxylic acids is 2. The number of rotatable bonds is 3. The van der Waals surface area contributed by atoms with Crippen LogP contribution in [0.1, 0.15) is 31.2 Å². The Bertz CT molecular complexity index is 846. The molecule has 2 aliphatic rings. The summed E-state index contributed by atoms with van der Waals surface area (Å²) in [5.74, 6) is -4.26. The van der Waals surface area contributed by atoms with E-state index in [0.717, 1.165) is 25.0 Å². The lowest BCUT2D eigenvalue weighted by Crippen LogP contribution is -2.44. The van der Waals surface area contributed by atoms with Crippen molar-refractivity contribution in [2.45, 2.75) is 31.5 Å². The van der Waals surface area contributed by atoms with Crippen molar-refractivity contribution >= 4 is 29.4 Å². The molecule has 3 rings (SSSR count). The van der Waals surface area contributed by atoms with Gasteiger partial charge in [0.1, 0.15) is 5.57 Å². The first-order valence-corrected chi connectivity index (χ1v) is 7.57. The summed E-state index contributed by atoms with van der Waals surface area (Å²) in [6, 6.07) is 1.37. The number of nitro groups is 2. The van der Waals surface area contributed by atoms with E-state index in [1.807, 2.05) is 0 Å². The van der Waals surface area contributed by atoms with Gasteiger partial charge in [-0.05, 0) is 18.9 Å². The van der Waals surface area contributed by atoms with Gasteiger partial charge in [0, 0.05) is 24.5 Å². The molecule has 0 bridgehead atoms. The molecule has 0 amide bonds. The molecule has 11 heteroatoms. The zero-order valence-corrected chi connectivity index (χ0v) is 13.2. The normalized spacial score (nSPS) is 18.4. The zero-order chi connectivity index (χ0) is 19.1. The topological polar surface area (TPSA) is 159 Å². The fourth-order valence-electron chi connectivity index (χ4n) is 2.92. The summed E-state index contributed by atoms with van der Waals surface area (Å²) >= 11 is 0. The van der Waals surface area contributed by atoms with Gasteiger partial charge in [-0.15, -0.1) is 0 Å². The Balaban J connectivity index is 2.04. The number of phenolic OH excluding ortho intramolecular Hbond substituents is 1. The predicted molar refractivity (Wildman–Crippen MR) is 82.8 cm³/mol. The number of benzene rings is 1. The number of aromatic hydroxyl groups is 1. The lowest BCUT2D eigenvalue weighted by atomic mass is 10.1. The highest BCUT2D eigenvalue weighted by atomic mass is 16.7. The van der Waals surface area contributed by atoms with E-state index in [0.29, 0.717) is 18.9 Å². The first kappa shape index (κ1) is 17.3. The second kappa shape index (κ2) is 6.10. The molecule has 1 aromatic carbocycles. The van der Waals surface area contributed by atoms with Crippen molar-refractivity contribution in [2.75, 3.05) is 0 Å². The van der Waals surface area contributed by atoms with Gasteiger partial charge in [-0.1, -0.05) is 0 Å². The monoisotopic (exact) mass is 364 g/mol. The van der Waals surface area contributed by atoms with Crippen LogP contribution in [0.4, 0.5) is 11.4 Å². The average molecular weight is 364 g/mol. The molecule has 26 heavy (non-hydrogen) atoms. The van der Waals surface area contributed by atoms with Crippen molar-refractivity contribution in [3.05, 3.63) is 43.5 Å². The van der Waals surface area contributed by atoms with Gasteiger partial charge in [-0.3, -0.25) is 20.2 Å². The summed E-state index contributed by atoms with van der Waals surface area (Å²) in [4.78, 5) is 44.3. The van der Waals surface area contributed by atoms with Crippen LogP contribution in [0, 0.1) is 20.2 Å². The van der Waals surface area contributed by atoms with Gasteiger partial charge in [0.25, 0.3) is 11.5 Å². The van der Waals surface area contributed by atoms with Gasteiger partial charge in [-0.25, -0.2) is 9.59 Å². The molecule has 0 radical (unpaired) electrons. The third kappa shape index (κ3) is 2.94. The minimum Gasteiger partial charge on any atom is -0.502 e. The number of phenols is 1. The first-order valence-electron chi connectivity index (χ1n) is 7.57. The Labute approximate surface area is 145 Å². The maximum Gasteiger partial charge on any atom is 0.348 e. The number of non-ortho nitro benzene ring substituents is 1. The fraction of sp³-hybridized carbons (Fsp3) is 0.333. The fourth-order valence-corrected chi connectivity index (χ4v) is 2.92. The highest BCUT2D eigenvalue weighted by molar-refractivity contribution is 6.19. The molecule has 2 fully saturated rings. The molecule has 11 nitrogen and oxygen atoms in total. The van der Waals surface area contributed by atoms with Crippen molar-refractivity contribution in [1.82, 2.24) is 0 Å². The number of hydrogen-bond donors (Lipinski definition) is 1. The molecule has 1 saturated heterocycles. The van der Waals surface area contributed by atoms with Crippen molar-refractivity contribution in [2.24, 2.45) is 0 Å². The van der Waals surface area contributed by atoms with E-state index in [1.165, 1.54) is 0 Å². The number of nitrogens with zero attached hydrogens (tertiary/aromatic N) is 2. The number of ether oxygens (including phenoxy) is 2. The van der Waals surface area contributed by atoms with Gasteiger partial charge in [-0.2, -0.15) is 0 Å². The molecule has 1 heterocycles. The first-order chi connectivity index (χ1) is 12.2. The van der Waals surface area contributed by atoms with E-state index < -0.39 is 55.8 Å². The molecule has 1 spiro atoms. The van der Waals surface area contributed by atoms with Crippen LogP contribution in [0.15, 0.2) is 17.7 Å². The van der Waals surface area contributed by atoms with Crippen LogP contribution >= 0.6 is 0 Å². The molecule has 1 aliphatic carbocycles. The third-order valence-corrected chi connectivity index (χ3v) is 4.17. The van der Waals surface area contributed by atoms with Gasteiger partial charge < -0.3 is 14.6 Å². The van der Waals surface area contributed by atoms with E-state index in [1.54, 1.807) is 0 Å². The second-order valence-electron chi connectivity index (χ2n) is 5.87. The van der Waals surface area contributed by atoms with Gasteiger partial charge in [0.05, 0.1) is 15.9 Å². The number of hydrogen-bond acceptors (Lipinski definition) is 9. The van der Waals surface area contributed by atoms with Crippen LogP contribution < -0.4 is 0 Å². The summed E-state index contributed by atoms with van der Waals surface area (Å²) in [5.41, 5.74) is -2.69. The number of carbonyl (C=O) groups is 2. The summed E-state index contributed by atoms with van der Waals surface area (Å²) < 4.78 is 10.4. The summed E-state index contributed by atoms with van der Waals surface area (Å²) in [5, 5.41) is 31.8. The van der Waals surface area contributed by atoms with Crippen molar-refractivity contribution < 1.29 is 34.0 Å². The summed E-state index contributed by atoms with van der Waals surface area (Å²) in [6.45, 7) is 0. The Morgan fingerprint density at radius 2 is 1.62 bits per heavy atom. The van der Waals surface area contributed by atoms with Crippen LogP contribution in [0.5, 0.6) is 5.75 Å². The molecule has 136 valence electrons. The zero-order valence-electron chi connectivity index (χ0n) is 13.2. The van der Waals surface area contributed by atoms with E-state index in [9.17, 15) is 34.9 Å². The maximum atomic E-state index is 12.2. The SMILES string of the molecule is O=C1OC2(CCCC2)OC(=O)C1=Cc1cc([N+](=O)[O-])cc([N+](=O)[O-])c1O. The number of nitro benzene ring substituents is 2. The van der Waals surface area contributed by atoms with Crippen LogP contribution in [-0.4, -0.2) is 32.7 Å². The number of esters is 2. The Morgan fingerprint density at radius 1 is 1.04 bits per heavy atom. The van der Waals surface area contributed by atoms with Gasteiger partial charge in [0.2, 0.25) is 5.75 Å². The maximum absolute atomic E-state index is 12.2. The standard InChI is InChI=1S/C15H12N2O9/c18-12-8(5-9(16(21)22)7-11(12)17(23)24)6-10-13(19)25-15(26-14(10)20)3-1-2-4-15/h5-7,18H,1-4H2. The van der Waals surface area contributed by atoms with Crippen LogP contribution in [0.3, 0.4) is 0 Å². The minimum atomic E-state index is -1.30. The molecule has 1 aliphatic heterocycles. The van der Waals surface area contributed by atoms with Crippen LogP contribution in [0.2, 0.25) is 0 Å². The second-order valence-corrected chi connectivity index (χ2v) is 5.87. The Hall–Kier alpha value is -3.50. The van der Waals surface area contributed by atoms with Crippen LogP contribution in [-0.2, 0) is 19.1 Å².